The molecule has 0 bridgehead atoms. The molecular formula is C11H16FNO2. The van der Waals surface area contributed by atoms with Gasteiger partial charge in [0.25, 0.3) is 0 Å². The highest BCUT2D eigenvalue weighted by Gasteiger charge is 2.23. The number of hydrogen-bond acceptors (Lipinski definition) is 3. The smallest absolute Gasteiger partial charge is 0.165 e. The minimum absolute atomic E-state index is 0.353. The summed E-state index contributed by atoms with van der Waals surface area (Å²) >= 11 is 0. The molecule has 0 saturated carbocycles. The SMILES string of the molecule is COc1cc(F)cc(C(C)(C)N)c1OC. The third-order valence-corrected chi connectivity index (χ3v) is 2.14. The molecule has 0 amide bonds. The Hall–Kier alpha value is -1.29. The second-order valence-electron chi connectivity index (χ2n) is 3.91. The lowest BCUT2D eigenvalue weighted by Crippen LogP contribution is -2.29. The van der Waals surface area contributed by atoms with Crippen LogP contribution in [0.1, 0.15) is 19.4 Å². The van der Waals surface area contributed by atoms with Gasteiger partial charge in [-0.1, -0.05) is 0 Å². The fourth-order valence-corrected chi connectivity index (χ4v) is 1.41. The lowest BCUT2D eigenvalue weighted by atomic mass is 9.94. The monoisotopic (exact) mass is 213 g/mol. The van der Waals surface area contributed by atoms with E-state index in [4.69, 9.17) is 15.2 Å². The van der Waals surface area contributed by atoms with Crippen molar-refractivity contribution in [3.8, 4) is 11.5 Å². The van der Waals surface area contributed by atoms with Crippen molar-refractivity contribution in [2.75, 3.05) is 14.2 Å². The van der Waals surface area contributed by atoms with Crippen molar-refractivity contribution in [2.24, 2.45) is 5.73 Å². The van der Waals surface area contributed by atoms with Gasteiger partial charge in [-0.2, -0.15) is 0 Å². The van der Waals surface area contributed by atoms with Crippen LogP contribution in [-0.2, 0) is 5.54 Å². The Labute approximate surface area is 89.0 Å². The lowest BCUT2D eigenvalue weighted by molar-refractivity contribution is 0.340. The van der Waals surface area contributed by atoms with E-state index in [0.717, 1.165) is 0 Å². The number of halogens is 1. The Balaban J connectivity index is 3.42. The van der Waals surface area contributed by atoms with E-state index in [1.54, 1.807) is 13.8 Å². The minimum Gasteiger partial charge on any atom is -0.493 e. The summed E-state index contributed by atoms with van der Waals surface area (Å²) in [5, 5.41) is 0. The molecule has 0 atom stereocenters. The first-order chi connectivity index (χ1) is 6.90. The molecule has 1 aromatic rings. The molecular weight excluding hydrogens is 197 g/mol. The molecule has 0 aliphatic heterocycles. The third kappa shape index (κ3) is 2.39. The van der Waals surface area contributed by atoms with Gasteiger partial charge in [-0.05, 0) is 19.9 Å². The largest absolute Gasteiger partial charge is 0.493 e. The van der Waals surface area contributed by atoms with Crippen LogP contribution in [0.4, 0.5) is 4.39 Å². The molecule has 4 heteroatoms. The highest BCUT2D eigenvalue weighted by atomic mass is 19.1. The fourth-order valence-electron chi connectivity index (χ4n) is 1.41. The zero-order valence-electron chi connectivity index (χ0n) is 9.43. The molecule has 84 valence electrons. The first-order valence-electron chi connectivity index (χ1n) is 4.61. The third-order valence-electron chi connectivity index (χ3n) is 2.14. The van der Waals surface area contributed by atoms with Crippen LogP contribution < -0.4 is 15.2 Å². The average molecular weight is 213 g/mol. The Bertz CT molecular complexity index is 358. The van der Waals surface area contributed by atoms with Crippen molar-refractivity contribution in [1.29, 1.82) is 0 Å². The Morgan fingerprint density at radius 2 is 1.80 bits per heavy atom. The molecule has 0 spiro atoms. The number of ether oxygens (including phenoxy) is 2. The Kier molecular flexibility index (Phi) is 3.19. The summed E-state index contributed by atoms with van der Waals surface area (Å²) in [4.78, 5) is 0. The highest BCUT2D eigenvalue weighted by molar-refractivity contribution is 5.49. The average Bonchev–Trinajstić information content (AvgIpc) is 2.15. The predicted molar refractivity (Wildman–Crippen MR) is 56.7 cm³/mol. The highest BCUT2D eigenvalue weighted by Crippen LogP contribution is 2.36. The predicted octanol–water partition coefficient (Wildman–Crippen LogP) is 2.04. The summed E-state index contributed by atoms with van der Waals surface area (Å²) in [6.45, 7) is 3.56. The van der Waals surface area contributed by atoms with Gasteiger partial charge in [0.2, 0.25) is 0 Å². The number of hydrogen-bond donors (Lipinski definition) is 1. The standard InChI is InChI=1S/C11H16FNO2/c1-11(2,13)8-5-7(12)6-9(14-3)10(8)15-4/h5-6H,13H2,1-4H3. The van der Waals surface area contributed by atoms with Gasteiger partial charge in [-0.15, -0.1) is 0 Å². The lowest BCUT2D eigenvalue weighted by Gasteiger charge is -2.23. The van der Waals surface area contributed by atoms with E-state index in [0.29, 0.717) is 17.1 Å². The molecule has 2 N–H and O–H groups in total. The van der Waals surface area contributed by atoms with Gasteiger partial charge < -0.3 is 15.2 Å². The molecule has 3 nitrogen and oxygen atoms in total. The van der Waals surface area contributed by atoms with E-state index >= 15 is 0 Å². The molecule has 0 heterocycles. The maximum Gasteiger partial charge on any atom is 0.165 e. The summed E-state index contributed by atoms with van der Waals surface area (Å²) in [6.07, 6.45) is 0. The number of benzene rings is 1. The van der Waals surface area contributed by atoms with E-state index in [1.165, 1.54) is 26.4 Å². The van der Waals surface area contributed by atoms with Crippen LogP contribution >= 0.6 is 0 Å². The van der Waals surface area contributed by atoms with Crippen molar-refractivity contribution < 1.29 is 13.9 Å². The van der Waals surface area contributed by atoms with E-state index < -0.39 is 5.54 Å². The zero-order chi connectivity index (χ0) is 11.6. The van der Waals surface area contributed by atoms with Crippen molar-refractivity contribution in [2.45, 2.75) is 19.4 Å². The number of methoxy groups -OCH3 is 2. The quantitative estimate of drug-likeness (QED) is 0.835. The van der Waals surface area contributed by atoms with Gasteiger partial charge in [0.15, 0.2) is 11.5 Å². The van der Waals surface area contributed by atoms with E-state index in [2.05, 4.69) is 0 Å². The normalized spacial score (nSPS) is 11.3. The minimum atomic E-state index is -0.680. The second kappa shape index (κ2) is 4.06. The summed E-state index contributed by atoms with van der Waals surface area (Å²) in [5.74, 6) is 0.443. The Morgan fingerprint density at radius 1 is 1.20 bits per heavy atom. The van der Waals surface area contributed by atoms with Crippen molar-refractivity contribution in [3.05, 3.63) is 23.5 Å². The van der Waals surface area contributed by atoms with E-state index in [9.17, 15) is 4.39 Å². The van der Waals surface area contributed by atoms with Crippen molar-refractivity contribution in [3.63, 3.8) is 0 Å². The van der Waals surface area contributed by atoms with Crippen LogP contribution in [0.15, 0.2) is 12.1 Å². The maximum atomic E-state index is 13.3. The van der Waals surface area contributed by atoms with Gasteiger partial charge >= 0.3 is 0 Å². The van der Waals surface area contributed by atoms with Crippen LogP contribution in [0.2, 0.25) is 0 Å². The Morgan fingerprint density at radius 3 is 2.20 bits per heavy atom. The number of rotatable bonds is 3. The van der Waals surface area contributed by atoms with E-state index in [-0.39, 0.29) is 5.82 Å². The van der Waals surface area contributed by atoms with Gasteiger partial charge in [-0.3, -0.25) is 0 Å². The molecule has 15 heavy (non-hydrogen) atoms. The van der Waals surface area contributed by atoms with Crippen LogP contribution in [0.25, 0.3) is 0 Å². The van der Waals surface area contributed by atoms with Crippen molar-refractivity contribution in [1.82, 2.24) is 0 Å². The van der Waals surface area contributed by atoms with Crippen molar-refractivity contribution >= 4 is 0 Å². The topological polar surface area (TPSA) is 44.5 Å². The molecule has 0 aromatic heterocycles. The zero-order valence-corrected chi connectivity index (χ0v) is 9.43. The molecule has 1 aromatic carbocycles. The fraction of sp³-hybridized carbons (Fsp3) is 0.455. The summed E-state index contributed by atoms with van der Waals surface area (Å²) in [7, 11) is 2.97. The summed E-state index contributed by atoms with van der Waals surface area (Å²) in [5.41, 5.74) is 5.83. The van der Waals surface area contributed by atoms with E-state index in [1.807, 2.05) is 0 Å². The summed E-state index contributed by atoms with van der Waals surface area (Å²) < 4.78 is 23.5. The van der Waals surface area contributed by atoms with Crippen LogP contribution in [0, 0.1) is 5.82 Å². The number of nitrogens with two attached hydrogens (primary N) is 1. The maximum absolute atomic E-state index is 13.3. The molecule has 0 aliphatic rings. The molecule has 0 saturated heterocycles. The van der Waals surface area contributed by atoms with Gasteiger partial charge in [0.05, 0.1) is 14.2 Å². The van der Waals surface area contributed by atoms with Crippen LogP contribution in [-0.4, -0.2) is 14.2 Å². The van der Waals surface area contributed by atoms with Gasteiger partial charge in [-0.25, -0.2) is 4.39 Å². The van der Waals surface area contributed by atoms with Gasteiger partial charge in [0.1, 0.15) is 5.82 Å². The first kappa shape index (κ1) is 11.8. The second-order valence-corrected chi connectivity index (χ2v) is 3.91. The van der Waals surface area contributed by atoms with Crippen LogP contribution in [0.5, 0.6) is 11.5 Å². The molecule has 0 unspecified atom stereocenters. The molecule has 0 fully saturated rings. The molecule has 0 aliphatic carbocycles. The van der Waals surface area contributed by atoms with Crippen LogP contribution in [0.3, 0.4) is 0 Å². The summed E-state index contributed by atoms with van der Waals surface area (Å²) in [6, 6.07) is 2.63. The van der Waals surface area contributed by atoms with Gasteiger partial charge in [0, 0.05) is 17.2 Å². The molecule has 1 rings (SSSR count). The molecule has 0 radical (unpaired) electrons. The first-order valence-corrected chi connectivity index (χ1v) is 4.61.